The second kappa shape index (κ2) is 4.65. The molecule has 0 aromatic carbocycles. The van der Waals surface area contributed by atoms with E-state index in [0.717, 1.165) is 37.4 Å². The fraction of sp³-hybridized carbons (Fsp3) is 0.636. The highest BCUT2D eigenvalue weighted by molar-refractivity contribution is 5.47. The van der Waals surface area contributed by atoms with Crippen LogP contribution in [0.25, 0.3) is 0 Å². The summed E-state index contributed by atoms with van der Waals surface area (Å²) in [4.78, 5) is 10.3. The predicted molar refractivity (Wildman–Crippen MR) is 63.4 cm³/mol. The molecule has 1 atom stereocenters. The number of likely N-dealkylation sites (N-methyl/N-ethyl adjacent to an activating group) is 1. The van der Waals surface area contributed by atoms with Crippen molar-refractivity contribution in [1.82, 2.24) is 9.97 Å². The zero-order valence-corrected chi connectivity index (χ0v) is 9.81. The molecule has 0 spiro atoms. The van der Waals surface area contributed by atoms with Crippen molar-refractivity contribution < 1.29 is 4.74 Å². The van der Waals surface area contributed by atoms with Crippen LogP contribution in [0.15, 0.2) is 6.20 Å². The lowest BCUT2D eigenvalue weighted by molar-refractivity contribution is 0.116. The smallest absolute Gasteiger partial charge is 0.221 e. The zero-order chi connectivity index (χ0) is 11.5. The molecule has 1 saturated heterocycles. The highest BCUT2D eigenvalue weighted by Crippen LogP contribution is 2.19. The number of ether oxygens (including phenoxy) is 1. The quantitative estimate of drug-likeness (QED) is 0.826. The first-order valence-corrected chi connectivity index (χ1v) is 5.58. The molecule has 0 amide bonds. The van der Waals surface area contributed by atoms with Gasteiger partial charge in [0.15, 0.2) is 0 Å². The summed E-state index contributed by atoms with van der Waals surface area (Å²) in [5.41, 5.74) is 6.63. The second-order valence-corrected chi connectivity index (χ2v) is 4.25. The molecule has 2 N–H and O–H groups in total. The number of nitrogens with zero attached hydrogens (tertiary/aromatic N) is 3. The summed E-state index contributed by atoms with van der Waals surface area (Å²) in [5, 5.41) is 0. The Bertz CT molecular complexity index is 363. The fourth-order valence-electron chi connectivity index (χ4n) is 2.01. The van der Waals surface area contributed by atoms with Crippen LogP contribution in [0.1, 0.15) is 18.4 Å². The molecule has 2 rings (SSSR count). The summed E-state index contributed by atoms with van der Waals surface area (Å²) >= 11 is 0. The number of hydrogen-bond donors (Lipinski definition) is 1. The Balaban J connectivity index is 2.07. The fourth-order valence-corrected chi connectivity index (χ4v) is 2.01. The molecule has 5 nitrogen and oxygen atoms in total. The predicted octanol–water partition coefficient (Wildman–Crippen LogP) is 0.982. The molecule has 16 heavy (non-hydrogen) atoms. The number of hydrogen-bond acceptors (Lipinski definition) is 5. The Morgan fingerprint density at radius 1 is 1.62 bits per heavy atom. The largest absolute Gasteiger partial charge is 0.376 e. The summed E-state index contributed by atoms with van der Waals surface area (Å²) in [6, 6.07) is 0. The van der Waals surface area contributed by atoms with Crippen LogP contribution >= 0.6 is 0 Å². The van der Waals surface area contributed by atoms with Gasteiger partial charge in [-0.3, -0.25) is 0 Å². The van der Waals surface area contributed by atoms with Gasteiger partial charge in [-0.15, -0.1) is 0 Å². The minimum absolute atomic E-state index is 0.319. The van der Waals surface area contributed by atoms with Crippen LogP contribution < -0.4 is 10.6 Å². The number of aromatic nitrogens is 2. The third-order valence-corrected chi connectivity index (χ3v) is 2.83. The molecule has 0 bridgehead atoms. The maximum absolute atomic E-state index is 5.60. The Hall–Kier alpha value is -1.36. The second-order valence-electron chi connectivity index (χ2n) is 4.25. The van der Waals surface area contributed by atoms with Crippen molar-refractivity contribution in [3.8, 4) is 0 Å². The van der Waals surface area contributed by atoms with Crippen LogP contribution in [0.3, 0.4) is 0 Å². The molecule has 2 heterocycles. The molecule has 0 saturated carbocycles. The Morgan fingerprint density at radius 2 is 2.44 bits per heavy atom. The number of anilines is 2. The third kappa shape index (κ3) is 2.41. The summed E-state index contributed by atoms with van der Waals surface area (Å²) in [7, 11) is 2.01. The van der Waals surface area contributed by atoms with Gasteiger partial charge in [0.2, 0.25) is 5.95 Å². The molecule has 1 aliphatic rings. The van der Waals surface area contributed by atoms with Crippen molar-refractivity contribution >= 4 is 11.8 Å². The minimum Gasteiger partial charge on any atom is -0.376 e. The molecular formula is C11H18N4O. The van der Waals surface area contributed by atoms with Gasteiger partial charge in [0.05, 0.1) is 6.10 Å². The van der Waals surface area contributed by atoms with Gasteiger partial charge in [-0.2, -0.15) is 4.98 Å². The van der Waals surface area contributed by atoms with Crippen molar-refractivity contribution in [2.75, 3.05) is 30.8 Å². The molecular weight excluding hydrogens is 204 g/mol. The highest BCUT2D eigenvalue weighted by atomic mass is 16.5. The Kier molecular flexibility index (Phi) is 3.24. The van der Waals surface area contributed by atoms with Crippen molar-refractivity contribution in [2.24, 2.45) is 0 Å². The normalized spacial score (nSPS) is 20.0. The SMILES string of the molecule is Cc1cnc(N)nc1N(C)CC1CCCO1. The van der Waals surface area contributed by atoms with E-state index in [2.05, 4.69) is 14.9 Å². The van der Waals surface area contributed by atoms with Crippen molar-refractivity contribution in [2.45, 2.75) is 25.9 Å². The lowest BCUT2D eigenvalue weighted by Crippen LogP contribution is -2.30. The van der Waals surface area contributed by atoms with E-state index in [9.17, 15) is 0 Å². The number of rotatable bonds is 3. The summed E-state index contributed by atoms with van der Waals surface area (Å²) in [6.45, 7) is 3.72. The molecule has 1 aromatic heterocycles. The molecule has 1 unspecified atom stereocenters. The van der Waals surface area contributed by atoms with E-state index >= 15 is 0 Å². The van der Waals surface area contributed by atoms with Gasteiger partial charge in [-0.05, 0) is 19.8 Å². The summed E-state index contributed by atoms with van der Waals surface area (Å²) < 4.78 is 5.60. The van der Waals surface area contributed by atoms with E-state index in [-0.39, 0.29) is 0 Å². The van der Waals surface area contributed by atoms with Crippen LogP contribution in [0.4, 0.5) is 11.8 Å². The highest BCUT2D eigenvalue weighted by Gasteiger charge is 2.19. The van der Waals surface area contributed by atoms with Crippen molar-refractivity contribution in [1.29, 1.82) is 0 Å². The van der Waals surface area contributed by atoms with Gasteiger partial charge in [-0.1, -0.05) is 0 Å². The molecule has 1 aromatic rings. The van der Waals surface area contributed by atoms with E-state index in [1.54, 1.807) is 6.20 Å². The number of nitrogen functional groups attached to an aromatic ring is 1. The van der Waals surface area contributed by atoms with Gasteiger partial charge in [0.1, 0.15) is 5.82 Å². The molecule has 0 aliphatic carbocycles. The van der Waals surface area contributed by atoms with E-state index in [1.807, 2.05) is 14.0 Å². The molecule has 5 heteroatoms. The topological polar surface area (TPSA) is 64.3 Å². The van der Waals surface area contributed by atoms with Gasteiger partial charge < -0.3 is 15.4 Å². The first kappa shape index (κ1) is 11.1. The first-order chi connectivity index (χ1) is 7.66. The van der Waals surface area contributed by atoms with E-state index in [0.29, 0.717) is 12.1 Å². The lowest BCUT2D eigenvalue weighted by atomic mass is 10.2. The van der Waals surface area contributed by atoms with E-state index < -0.39 is 0 Å². The van der Waals surface area contributed by atoms with E-state index in [1.165, 1.54) is 0 Å². The summed E-state index contributed by atoms with van der Waals surface area (Å²) in [6.07, 6.45) is 4.36. The maximum atomic E-state index is 5.60. The van der Waals surface area contributed by atoms with Crippen LogP contribution in [0, 0.1) is 6.92 Å². The Labute approximate surface area is 95.6 Å². The van der Waals surface area contributed by atoms with Crippen molar-refractivity contribution in [3.63, 3.8) is 0 Å². The van der Waals surface area contributed by atoms with E-state index in [4.69, 9.17) is 10.5 Å². The number of aryl methyl sites for hydroxylation is 1. The summed E-state index contributed by atoms with van der Waals surface area (Å²) in [5.74, 6) is 1.21. The maximum Gasteiger partial charge on any atom is 0.221 e. The molecule has 1 fully saturated rings. The first-order valence-electron chi connectivity index (χ1n) is 5.58. The van der Waals surface area contributed by atoms with Crippen LogP contribution in [-0.4, -0.2) is 36.3 Å². The van der Waals surface area contributed by atoms with Crippen molar-refractivity contribution in [3.05, 3.63) is 11.8 Å². The number of nitrogens with two attached hydrogens (primary N) is 1. The average molecular weight is 222 g/mol. The molecule has 0 radical (unpaired) electrons. The third-order valence-electron chi connectivity index (χ3n) is 2.83. The monoisotopic (exact) mass is 222 g/mol. The Morgan fingerprint density at radius 3 is 3.12 bits per heavy atom. The van der Waals surface area contributed by atoms with Crippen LogP contribution in [0.5, 0.6) is 0 Å². The average Bonchev–Trinajstić information content (AvgIpc) is 2.74. The lowest BCUT2D eigenvalue weighted by Gasteiger charge is -2.23. The zero-order valence-electron chi connectivity index (χ0n) is 9.81. The van der Waals surface area contributed by atoms with Gasteiger partial charge in [-0.25, -0.2) is 4.98 Å². The molecule has 1 aliphatic heterocycles. The van der Waals surface area contributed by atoms with Gasteiger partial charge in [0.25, 0.3) is 0 Å². The van der Waals surface area contributed by atoms with Crippen LogP contribution in [-0.2, 0) is 4.74 Å². The molecule has 88 valence electrons. The van der Waals surface area contributed by atoms with Gasteiger partial charge in [0, 0.05) is 32.0 Å². The van der Waals surface area contributed by atoms with Crippen LogP contribution in [0.2, 0.25) is 0 Å². The van der Waals surface area contributed by atoms with Gasteiger partial charge >= 0.3 is 0 Å². The minimum atomic E-state index is 0.319. The standard InChI is InChI=1S/C11H18N4O/c1-8-6-13-11(12)14-10(8)15(2)7-9-4-3-5-16-9/h6,9H,3-5,7H2,1-2H3,(H2,12,13,14).